The molecule has 2 aromatic rings. The lowest BCUT2D eigenvalue weighted by molar-refractivity contribution is -0.118. The molecule has 0 saturated carbocycles. The number of para-hydroxylation sites is 1. The number of hydrogen-bond donors (Lipinski definition) is 1. The van der Waals surface area contributed by atoms with Crippen molar-refractivity contribution in [3.63, 3.8) is 0 Å². The number of ketones is 1. The van der Waals surface area contributed by atoms with E-state index in [0.29, 0.717) is 13.1 Å². The van der Waals surface area contributed by atoms with E-state index in [1.807, 2.05) is 30.3 Å². The van der Waals surface area contributed by atoms with Crippen LogP contribution in [0, 0.1) is 11.3 Å². The van der Waals surface area contributed by atoms with Gasteiger partial charge < -0.3 is 15.4 Å². The Balaban J connectivity index is 1.72. The van der Waals surface area contributed by atoms with Gasteiger partial charge in [0.25, 0.3) is 0 Å². The number of benzene rings is 2. The molecule has 1 heterocycles. The van der Waals surface area contributed by atoms with Crippen LogP contribution in [0.25, 0.3) is 0 Å². The SMILES string of the molecule is C/C(N)=C(/C#N)C(=O)COC(=O)c1cc(S(=O)(=O)N2CCN(c3ccccc3)CC2)ccc1Cl. The van der Waals surface area contributed by atoms with E-state index in [0.717, 1.165) is 11.8 Å². The fraction of sp³-hybridized carbons (Fsp3) is 0.261. The average molecular weight is 503 g/mol. The van der Waals surface area contributed by atoms with E-state index in [1.54, 1.807) is 6.07 Å². The second-order valence-corrected chi connectivity index (χ2v) is 9.88. The second kappa shape index (κ2) is 10.7. The molecule has 0 aliphatic carbocycles. The smallest absolute Gasteiger partial charge is 0.340 e. The van der Waals surface area contributed by atoms with Crippen molar-refractivity contribution in [2.24, 2.45) is 5.73 Å². The summed E-state index contributed by atoms with van der Waals surface area (Å²) in [5.74, 6) is -1.76. The molecule has 0 atom stereocenters. The van der Waals surface area contributed by atoms with E-state index in [4.69, 9.17) is 27.3 Å². The lowest BCUT2D eigenvalue weighted by Crippen LogP contribution is -2.48. The maximum Gasteiger partial charge on any atom is 0.340 e. The molecule has 0 amide bonds. The van der Waals surface area contributed by atoms with Gasteiger partial charge in [-0.2, -0.15) is 9.57 Å². The van der Waals surface area contributed by atoms with E-state index >= 15 is 0 Å². The lowest BCUT2D eigenvalue weighted by atomic mass is 10.1. The fourth-order valence-electron chi connectivity index (χ4n) is 3.45. The molecule has 178 valence electrons. The molecule has 3 rings (SSSR count). The summed E-state index contributed by atoms with van der Waals surface area (Å²) < 4.78 is 32.7. The third-order valence-corrected chi connectivity index (χ3v) is 7.50. The Bertz CT molecular complexity index is 1260. The van der Waals surface area contributed by atoms with Crippen LogP contribution in [-0.4, -0.2) is 57.3 Å². The van der Waals surface area contributed by atoms with Crippen molar-refractivity contribution in [2.45, 2.75) is 11.8 Å². The molecule has 0 radical (unpaired) electrons. The minimum Gasteiger partial charge on any atom is -0.454 e. The van der Waals surface area contributed by atoms with Gasteiger partial charge >= 0.3 is 5.97 Å². The Morgan fingerprint density at radius 2 is 1.76 bits per heavy atom. The molecule has 34 heavy (non-hydrogen) atoms. The number of esters is 1. The number of carbonyl (C=O) groups excluding carboxylic acids is 2. The van der Waals surface area contributed by atoms with Crippen molar-refractivity contribution in [3.8, 4) is 6.07 Å². The maximum atomic E-state index is 13.2. The van der Waals surface area contributed by atoms with Gasteiger partial charge in [0.2, 0.25) is 15.8 Å². The van der Waals surface area contributed by atoms with Gasteiger partial charge in [0.15, 0.2) is 6.61 Å². The number of sulfonamides is 1. The highest BCUT2D eigenvalue weighted by Gasteiger charge is 2.30. The number of carbonyl (C=O) groups is 2. The highest BCUT2D eigenvalue weighted by Crippen LogP contribution is 2.25. The van der Waals surface area contributed by atoms with Crippen molar-refractivity contribution in [1.29, 1.82) is 5.26 Å². The number of nitrogens with zero attached hydrogens (tertiary/aromatic N) is 3. The Morgan fingerprint density at radius 3 is 2.35 bits per heavy atom. The molecule has 0 bridgehead atoms. The first-order chi connectivity index (χ1) is 16.1. The number of hydrogen-bond acceptors (Lipinski definition) is 8. The molecule has 1 saturated heterocycles. The first-order valence-corrected chi connectivity index (χ1v) is 12.1. The first-order valence-electron chi connectivity index (χ1n) is 10.3. The quantitative estimate of drug-likeness (QED) is 0.346. The summed E-state index contributed by atoms with van der Waals surface area (Å²) in [6.45, 7) is 2.23. The van der Waals surface area contributed by atoms with Crippen LogP contribution >= 0.6 is 11.6 Å². The van der Waals surface area contributed by atoms with Crippen LogP contribution in [0.3, 0.4) is 0 Å². The summed E-state index contributed by atoms with van der Waals surface area (Å²) in [6.07, 6.45) is 0. The number of rotatable bonds is 7. The number of anilines is 1. The third-order valence-electron chi connectivity index (χ3n) is 5.27. The number of allylic oxidation sites excluding steroid dienone is 1. The zero-order chi connectivity index (χ0) is 24.9. The molecular formula is C23H23ClN4O5S. The normalized spacial score (nSPS) is 15.3. The van der Waals surface area contributed by atoms with Gasteiger partial charge in [0, 0.05) is 37.6 Å². The Morgan fingerprint density at radius 1 is 1.12 bits per heavy atom. The summed E-state index contributed by atoms with van der Waals surface area (Å²) in [6, 6.07) is 15.1. The van der Waals surface area contributed by atoms with E-state index in [9.17, 15) is 18.0 Å². The number of nitriles is 1. The van der Waals surface area contributed by atoms with Crippen LogP contribution in [-0.2, 0) is 19.6 Å². The molecule has 0 spiro atoms. The van der Waals surface area contributed by atoms with Crippen LogP contribution < -0.4 is 10.6 Å². The zero-order valence-corrected chi connectivity index (χ0v) is 20.0. The highest BCUT2D eigenvalue weighted by atomic mass is 35.5. The van der Waals surface area contributed by atoms with Crippen molar-refractivity contribution in [3.05, 3.63) is 70.4 Å². The number of ether oxygens (including phenoxy) is 1. The second-order valence-electron chi connectivity index (χ2n) is 7.54. The first kappa shape index (κ1) is 25.2. The molecule has 0 unspecified atom stereocenters. The van der Waals surface area contributed by atoms with E-state index in [2.05, 4.69) is 4.90 Å². The Hall–Kier alpha value is -3.39. The standard InChI is InChI=1S/C23H23ClN4O5S/c1-16(26)20(14-25)22(29)15-33-23(30)19-13-18(7-8-21(19)24)34(31,32)28-11-9-27(10-12-28)17-5-3-2-4-6-17/h2-8,13H,9-12,15,26H2,1H3/b20-16+. The summed E-state index contributed by atoms with van der Waals surface area (Å²) in [4.78, 5) is 26.5. The van der Waals surface area contributed by atoms with Gasteiger partial charge in [0.1, 0.15) is 11.6 Å². The predicted molar refractivity (Wildman–Crippen MR) is 127 cm³/mol. The number of halogens is 1. The van der Waals surface area contributed by atoms with E-state index < -0.39 is 28.4 Å². The number of Topliss-reactive ketones (excluding diaryl/α,β-unsaturated/α-hetero) is 1. The van der Waals surface area contributed by atoms with Gasteiger partial charge in [-0.15, -0.1) is 0 Å². The molecule has 9 nitrogen and oxygen atoms in total. The van der Waals surface area contributed by atoms with Crippen LogP contribution in [0.5, 0.6) is 0 Å². The molecule has 1 aliphatic rings. The van der Waals surface area contributed by atoms with Gasteiger partial charge in [-0.1, -0.05) is 29.8 Å². The van der Waals surface area contributed by atoms with E-state index in [1.165, 1.54) is 23.4 Å². The molecule has 0 aromatic heterocycles. The molecule has 2 aromatic carbocycles. The van der Waals surface area contributed by atoms with Gasteiger partial charge in [-0.05, 0) is 37.3 Å². The van der Waals surface area contributed by atoms with Crippen LogP contribution in [0.2, 0.25) is 5.02 Å². The minimum atomic E-state index is -3.89. The molecule has 2 N–H and O–H groups in total. The topological polar surface area (TPSA) is 134 Å². The molecule has 1 fully saturated rings. The summed E-state index contributed by atoms with van der Waals surface area (Å²) in [5.41, 5.74) is 5.97. The van der Waals surface area contributed by atoms with Crippen LogP contribution in [0.15, 0.2) is 64.7 Å². The number of piperazine rings is 1. The fourth-order valence-corrected chi connectivity index (χ4v) is 5.09. The monoisotopic (exact) mass is 502 g/mol. The van der Waals surface area contributed by atoms with Gasteiger partial charge in [0.05, 0.1) is 15.5 Å². The number of nitrogens with two attached hydrogens (primary N) is 1. The van der Waals surface area contributed by atoms with Crippen molar-refractivity contribution >= 4 is 39.1 Å². The largest absolute Gasteiger partial charge is 0.454 e. The molecular weight excluding hydrogens is 480 g/mol. The van der Waals surface area contributed by atoms with Crippen LogP contribution in [0.4, 0.5) is 5.69 Å². The molecule has 1 aliphatic heterocycles. The van der Waals surface area contributed by atoms with Crippen LogP contribution in [0.1, 0.15) is 17.3 Å². The van der Waals surface area contributed by atoms with Gasteiger partial charge in [-0.25, -0.2) is 13.2 Å². The van der Waals surface area contributed by atoms with Crippen molar-refractivity contribution in [1.82, 2.24) is 4.31 Å². The summed E-state index contributed by atoms with van der Waals surface area (Å²) in [7, 11) is -3.89. The third kappa shape index (κ3) is 5.56. The maximum absolute atomic E-state index is 13.2. The summed E-state index contributed by atoms with van der Waals surface area (Å²) in [5, 5.41) is 8.95. The summed E-state index contributed by atoms with van der Waals surface area (Å²) >= 11 is 6.09. The predicted octanol–water partition coefficient (Wildman–Crippen LogP) is 2.33. The van der Waals surface area contributed by atoms with Crippen molar-refractivity contribution < 1.29 is 22.7 Å². The Kier molecular flexibility index (Phi) is 7.94. The lowest BCUT2D eigenvalue weighted by Gasteiger charge is -2.35. The Labute approximate surface area is 203 Å². The van der Waals surface area contributed by atoms with Crippen molar-refractivity contribution in [2.75, 3.05) is 37.7 Å². The minimum absolute atomic E-state index is 0.00188. The van der Waals surface area contributed by atoms with Gasteiger partial charge in [-0.3, -0.25) is 4.79 Å². The highest BCUT2D eigenvalue weighted by molar-refractivity contribution is 7.89. The zero-order valence-electron chi connectivity index (χ0n) is 18.4. The van der Waals surface area contributed by atoms with E-state index in [-0.39, 0.29) is 39.8 Å². The average Bonchev–Trinajstić information content (AvgIpc) is 2.83. The molecule has 11 heteroatoms.